The molecule has 106 valence electrons. The van der Waals surface area contributed by atoms with Crippen LogP contribution in [0.4, 0.5) is 0 Å². The van der Waals surface area contributed by atoms with Gasteiger partial charge in [0.15, 0.2) is 0 Å². The van der Waals surface area contributed by atoms with Crippen molar-refractivity contribution < 1.29 is 9.47 Å². The molecule has 0 aromatic heterocycles. The van der Waals surface area contributed by atoms with Gasteiger partial charge in [-0.2, -0.15) is 5.26 Å². The van der Waals surface area contributed by atoms with Crippen molar-refractivity contribution in [1.82, 2.24) is 5.32 Å². The first-order valence-electron chi connectivity index (χ1n) is 7.35. The fraction of sp³-hybridized carbons (Fsp3) is 0.562. The first-order chi connectivity index (χ1) is 9.86. The Balaban J connectivity index is 1.38. The predicted molar refractivity (Wildman–Crippen MR) is 75.5 cm³/mol. The van der Waals surface area contributed by atoms with Gasteiger partial charge in [-0.05, 0) is 49.4 Å². The number of benzene rings is 1. The van der Waals surface area contributed by atoms with E-state index in [-0.39, 0.29) is 0 Å². The minimum absolute atomic E-state index is 0.421. The Morgan fingerprint density at radius 2 is 2.05 bits per heavy atom. The monoisotopic (exact) mass is 272 g/mol. The van der Waals surface area contributed by atoms with Crippen LogP contribution in [0.5, 0.6) is 5.75 Å². The summed E-state index contributed by atoms with van der Waals surface area (Å²) in [6, 6.07) is 9.81. The first-order valence-corrected chi connectivity index (χ1v) is 7.35. The standard InChI is InChI=1S/C16H20N2O2/c17-11-12-1-5-14(6-2-12)19-10-8-18-15-7-9-20-16(15)13-3-4-13/h1-2,5-6,13,15-16,18H,3-4,7-10H2. The third-order valence-electron chi connectivity index (χ3n) is 3.98. The molecule has 1 aliphatic carbocycles. The quantitative estimate of drug-likeness (QED) is 0.806. The van der Waals surface area contributed by atoms with Gasteiger partial charge < -0.3 is 14.8 Å². The summed E-state index contributed by atoms with van der Waals surface area (Å²) in [6.45, 7) is 2.35. The summed E-state index contributed by atoms with van der Waals surface area (Å²) in [5, 5.41) is 12.3. The predicted octanol–water partition coefficient (Wildman–Crippen LogP) is 2.09. The van der Waals surface area contributed by atoms with E-state index in [2.05, 4.69) is 11.4 Å². The van der Waals surface area contributed by atoms with E-state index in [1.54, 1.807) is 12.1 Å². The summed E-state index contributed by atoms with van der Waals surface area (Å²) in [6.07, 6.45) is 4.18. The molecule has 0 spiro atoms. The van der Waals surface area contributed by atoms with E-state index in [0.717, 1.165) is 31.2 Å². The van der Waals surface area contributed by atoms with E-state index in [1.807, 2.05) is 12.1 Å². The Kier molecular flexibility index (Phi) is 4.19. The minimum Gasteiger partial charge on any atom is -0.492 e. The zero-order valence-corrected chi connectivity index (χ0v) is 11.5. The second kappa shape index (κ2) is 6.25. The molecule has 1 saturated carbocycles. The van der Waals surface area contributed by atoms with Crippen molar-refractivity contribution in [3.8, 4) is 11.8 Å². The number of nitrogens with one attached hydrogen (secondary N) is 1. The van der Waals surface area contributed by atoms with Gasteiger partial charge in [0.1, 0.15) is 12.4 Å². The number of hydrogen-bond donors (Lipinski definition) is 1. The summed E-state index contributed by atoms with van der Waals surface area (Å²) >= 11 is 0. The highest BCUT2D eigenvalue weighted by molar-refractivity contribution is 5.34. The number of rotatable bonds is 6. The molecule has 2 atom stereocenters. The average molecular weight is 272 g/mol. The zero-order chi connectivity index (χ0) is 13.8. The van der Waals surface area contributed by atoms with Crippen molar-refractivity contribution in [3.63, 3.8) is 0 Å². The molecule has 4 nitrogen and oxygen atoms in total. The van der Waals surface area contributed by atoms with Crippen LogP contribution in [0.2, 0.25) is 0 Å². The summed E-state index contributed by atoms with van der Waals surface area (Å²) < 4.78 is 11.5. The van der Waals surface area contributed by atoms with Crippen LogP contribution in [0.1, 0.15) is 24.8 Å². The van der Waals surface area contributed by atoms with Crippen LogP contribution in [0.25, 0.3) is 0 Å². The summed E-state index contributed by atoms with van der Waals surface area (Å²) in [4.78, 5) is 0. The fourth-order valence-electron chi connectivity index (χ4n) is 2.76. The second-order valence-electron chi connectivity index (χ2n) is 5.51. The van der Waals surface area contributed by atoms with Crippen LogP contribution in [0.15, 0.2) is 24.3 Å². The molecule has 1 heterocycles. The fourth-order valence-corrected chi connectivity index (χ4v) is 2.76. The molecule has 2 fully saturated rings. The highest BCUT2D eigenvalue weighted by atomic mass is 16.5. The average Bonchev–Trinajstić information content (AvgIpc) is 3.23. The van der Waals surface area contributed by atoms with E-state index in [1.165, 1.54) is 12.8 Å². The molecular weight excluding hydrogens is 252 g/mol. The van der Waals surface area contributed by atoms with Gasteiger partial charge in [0.2, 0.25) is 0 Å². The molecule has 1 aromatic rings. The number of ether oxygens (including phenoxy) is 2. The lowest BCUT2D eigenvalue weighted by molar-refractivity contribution is 0.0804. The van der Waals surface area contributed by atoms with Crippen molar-refractivity contribution in [3.05, 3.63) is 29.8 Å². The maximum atomic E-state index is 8.73. The summed E-state index contributed by atoms with van der Waals surface area (Å²) in [5.41, 5.74) is 0.658. The Morgan fingerprint density at radius 1 is 1.25 bits per heavy atom. The third-order valence-corrected chi connectivity index (χ3v) is 3.98. The van der Waals surface area contributed by atoms with Gasteiger partial charge in [-0.25, -0.2) is 0 Å². The normalized spacial score (nSPS) is 25.4. The lowest BCUT2D eigenvalue weighted by atomic mass is 10.1. The molecular formula is C16H20N2O2. The molecule has 0 bridgehead atoms. The molecule has 0 radical (unpaired) electrons. The van der Waals surface area contributed by atoms with Crippen molar-refractivity contribution in [2.24, 2.45) is 5.92 Å². The topological polar surface area (TPSA) is 54.3 Å². The van der Waals surface area contributed by atoms with E-state index in [9.17, 15) is 0 Å². The molecule has 20 heavy (non-hydrogen) atoms. The molecule has 2 aliphatic rings. The number of nitrogens with zero attached hydrogens (tertiary/aromatic N) is 1. The van der Waals surface area contributed by atoms with Crippen LogP contribution < -0.4 is 10.1 Å². The molecule has 1 aromatic carbocycles. The number of hydrogen-bond acceptors (Lipinski definition) is 4. The molecule has 1 aliphatic heterocycles. The lowest BCUT2D eigenvalue weighted by Crippen LogP contribution is -2.39. The van der Waals surface area contributed by atoms with Crippen molar-refractivity contribution in [2.45, 2.75) is 31.4 Å². The molecule has 1 N–H and O–H groups in total. The lowest BCUT2D eigenvalue weighted by Gasteiger charge is -2.19. The van der Waals surface area contributed by atoms with Crippen LogP contribution in [-0.2, 0) is 4.74 Å². The van der Waals surface area contributed by atoms with Gasteiger partial charge in [0.05, 0.1) is 17.7 Å². The Morgan fingerprint density at radius 3 is 2.75 bits per heavy atom. The maximum absolute atomic E-state index is 8.73. The molecule has 4 heteroatoms. The highest BCUT2D eigenvalue weighted by Gasteiger charge is 2.40. The first kappa shape index (κ1) is 13.4. The third kappa shape index (κ3) is 3.30. The van der Waals surface area contributed by atoms with Crippen LogP contribution in [0.3, 0.4) is 0 Å². The summed E-state index contributed by atoms with van der Waals surface area (Å²) in [5.74, 6) is 1.60. The molecule has 3 rings (SSSR count). The van der Waals surface area contributed by atoms with Gasteiger partial charge in [-0.1, -0.05) is 0 Å². The summed E-state index contributed by atoms with van der Waals surface area (Å²) in [7, 11) is 0. The van der Waals surface area contributed by atoms with Crippen LogP contribution >= 0.6 is 0 Å². The second-order valence-corrected chi connectivity index (χ2v) is 5.51. The Hall–Kier alpha value is -1.57. The van der Waals surface area contributed by atoms with E-state index in [4.69, 9.17) is 14.7 Å². The van der Waals surface area contributed by atoms with Gasteiger partial charge in [-0.15, -0.1) is 0 Å². The number of nitriles is 1. The Bertz CT molecular complexity index is 476. The molecule has 0 amide bonds. The molecule has 2 unspecified atom stereocenters. The Labute approximate surface area is 119 Å². The van der Waals surface area contributed by atoms with Crippen molar-refractivity contribution in [2.75, 3.05) is 19.8 Å². The SMILES string of the molecule is N#Cc1ccc(OCCNC2CCOC2C2CC2)cc1. The highest BCUT2D eigenvalue weighted by Crippen LogP contribution is 2.38. The van der Waals surface area contributed by atoms with E-state index in [0.29, 0.717) is 24.3 Å². The van der Waals surface area contributed by atoms with Gasteiger partial charge in [-0.3, -0.25) is 0 Å². The van der Waals surface area contributed by atoms with E-state index < -0.39 is 0 Å². The van der Waals surface area contributed by atoms with Crippen LogP contribution in [0, 0.1) is 17.2 Å². The van der Waals surface area contributed by atoms with Gasteiger partial charge in [0.25, 0.3) is 0 Å². The van der Waals surface area contributed by atoms with Crippen molar-refractivity contribution >= 4 is 0 Å². The van der Waals surface area contributed by atoms with Crippen LogP contribution in [-0.4, -0.2) is 31.9 Å². The zero-order valence-electron chi connectivity index (χ0n) is 11.5. The maximum Gasteiger partial charge on any atom is 0.119 e. The van der Waals surface area contributed by atoms with E-state index >= 15 is 0 Å². The minimum atomic E-state index is 0.421. The van der Waals surface area contributed by atoms with Gasteiger partial charge >= 0.3 is 0 Å². The van der Waals surface area contributed by atoms with Crippen molar-refractivity contribution in [1.29, 1.82) is 5.26 Å². The smallest absolute Gasteiger partial charge is 0.119 e. The van der Waals surface area contributed by atoms with Gasteiger partial charge in [0, 0.05) is 19.2 Å². The largest absolute Gasteiger partial charge is 0.492 e. The molecule has 1 saturated heterocycles.